The highest BCUT2D eigenvalue weighted by Crippen LogP contribution is 2.23. The number of benzene rings is 1. The summed E-state index contributed by atoms with van der Waals surface area (Å²) in [5.41, 5.74) is 4.03. The molecule has 0 bridgehead atoms. The second-order valence-corrected chi connectivity index (χ2v) is 6.12. The van der Waals surface area contributed by atoms with Gasteiger partial charge in [-0.2, -0.15) is 0 Å². The van der Waals surface area contributed by atoms with Crippen LogP contribution >= 0.6 is 0 Å². The van der Waals surface area contributed by atoms with Gasteiger partial charge in [-0.3, -0.25) is 0 Å². The molecule has 1 aliphatic rings. The topological polar surface area (TPSA) is 21.3 Å². The number of rotatable bonds is 6. The number of nitrogens with one attached hydrogen (secondary N) is 1. The lowest BCUT2D eigenvalue weighted by molar-refractivity contribution is 0.0157. The van der Waals surface area contributed by atoms with Gasteiger partial charge in [0.1, 0.15) is 0 Å². The number of ether oxygens (including phenoxy) is 1. The van der Waals surface area contributed by atoms with Crippen molar-refractivity contribution in [2.45, 2.75) is 65.0 Å². The second-order valence-electron chi connectivity index (χ2n) is 6.12. The van der Waals surface area contributed by atoms with E-state index in [1.807, 2.05) is 0 Å². The summed E-state index contributed by atoms with van der Waals surface area (Å²) >= 11 is 0. The van der Waals surface area contributed by atoms with Crippen molar-refractivity contribution >= 4 is 0 Å². The third kappa shape index (κ3) is 4.60. The average molecular weight is 275 g/mol. The van der Waals surface area contributed by atoms with Gasteiger partial charge in [0.2, 0.25) is 0 Å². The fourth-order valence-corrected chi connectivity index (χ4v) is 3.19. The molecule has 1 aliphatic carbocycles. The maximum atomic E-state index is 6.17. The van der Waals surface area contributed by atoms with Gasteiger partial charge < -0.3 is 10.1 Å². The molecule has 0 aromatic heterocycles. The summed E-state index contributed by atoms with van der Waals surface area (Å²) in [5.74, 6) is 0. The molecule has 1 saturated carbocycles. The minimum absolute atomic E-state index is 0.320. The Bertz CT molecular complexity index is 390. The number of hydrogen-bond donors (Lipinski definition) is 1. The van der Waals surface area contributed by atoms with Crippen molar-refractivity contribution < 1.29 is 4.74 Å². The molecule has 0 radical (unpaired) electrons. The third-order valence-corrected chi connectivity index (χ3v) is 4.15. The molecule has 1 N–H and O–H groups in total. The van der Waals surface area contributed by atoms with Gasteiger partial charge in [-0.05, 0) is 38.8 Å². The largest absolute Gasteiger partial charge is 0.376 e. The molecule has 0 amide bonds. The Morgan fingerprint density at radius 2 is 1.75 bits per heavy atom. The predicted molar refractivity (Wildman–Crippen MR) is 85.2 cm³/mol. The third-order valence-electron chi connectivity index (χ3n) is 4.15. The monoisotopic (exact) mass is 275 g/mol. The summed E-state index contributed by atoms with van der Waals surface area (Å²) < 4.78 is 6.17. The first-order chi connectivity index (χ1) is 9.69. The van der Waals surface area contributed by atoms with Crippen LogP contribution in [-0.2, 0) is 4.74 Å². The van der Waals surface area contributed by atoms with Crippen LogP contribution in [0.4, 0.5) is 0 Å². The molecule has 0 aliphatic heterocycles. The Morgan fingerprint density at radius 3 is 2.35 bits per heavy atom. The number of likely N-dealkylation sites (N-methyl/N-ethyl adjacent to an activating group) is 1. The lowest BCUT2D eigenvalue weighted by Gasteiger charge is -2.26. The Balaban J connectivity index is 1.98. The smallest absolute Gasteiger partial charge is 0.0665 e. The van der Waals surface area contributed by atoms with E-state index >= 15 is 0 Å². The molecule has 0 spiro atoms. The van der Waals surface area contributed by atoms with E-state index < -0.39 is 0 Å². The summed E-state index contributed by atoms with van der Waals surface area (Å²) in [5, 5.41) is 3.57. The van der Waals surface area contributed by atoms with E-state index in [9.17, 15) is 0 Å². The first kappa shape index (κ1) is 15.5. The number of aryl methyl sites for hydroxylation is 2. The van der Waals surface area contributed by atoms with E-state index in [-0.39, 0.29) is 0 Å². The first-order valence-corrected chi connectivity index (χ1v) is 8.12. The summed E-state index contributed by atoms with van der Waals surface area (Å²) in [7, 11) is 0. The number of hydrogen-bond acceptors (Lipinski definition) is 2. The fourth-order valence-electron chi connectivity index (χ4n) is 3.19. The highest BCUT2D eigenvalue weighted by molar-refractivity contribution is 5.30. The molecular weight excluding hydrogens is 246 g/mol. The van der Waals surface area contributed by atoms with Gasteiger partial charge >= 0.3 is 0 Å². The molecule has 2 nitrogen and oxygen atoms in total. The zero-order valence-corrected chi connectivity index (χ0v) is 13.2. The minimum atomic E-state index is 0.320. The van der Waals surface area contributed by atoms with Crippen molar-refractivity contribution in [2.75, 3.05) is 13.2 Å². The van der Waals surface area contributed by atoms with E-state index in [0.717, 1.165) is 13.2 Å². The van der Waals surface area contributed by atoms with Gasteiger partial charge in [-0.1, -0.05) is 55.5 Å². The first-order valence-electron chi connectivity index (χ1n) is 8.12. The van der Waals surface area contributed by atoms with Crippen molar-refractivity contribution in [3.8, 4) is 0 Å². The quantitative estimate of drug-likeness (QED) is 0.835. The van der Waals surface area contributed by atoms with E-state index in [1.165, 1.54) is 48.8 Å². The molecular formula is C18H29NO. The molecule has 1 fully saturated rings. The van der Waals surface area contributed by atoms with Crippen LogP contribution in [0.5, 0.6) is 0 Å². The van der Waals surface area contributed by atoms with E-state index in [2.05, 4.69) is 44.3 Å². The van der Waals surface area contributed by atoms with Gasteiger partial charge in [0.05, 0.1) is 18.8 Å². The summed E-state index contributed by atoms with van der Waals surface area (Å²) in [6.45, 7) is 8.27. The molecule has 2 heteroatoms. The lowest BCUT2D eigenvalue weighted by Crippen LogP contribution is -2.28. The van der Waals surface area contributed by atoms with E-state index in [0.29, 0.717) is 12.1 Å². The standard InChI is InChI=1S/C18H29NO/c1-4-19-18(13-20-17-8-6-5-7-9-17)16-11-14(2)10-15(3)12-16/h10-12,17-19H,4-9,13H2,1-3H3. The maximum Gasteiger partial charge on any atom is 0.0665 e. The fraction of sp³-hybridized carbons (Fsp3) is 0.667. The van der Waals surface area contributed by atoms with Gasteiger partial charge in [0.25, 0.3) is 0 Å². The molecule has 0 heterocycles. The average Bonchev–Trinajstić information content (AvgIpc) is 2.43. The predicted octanol–water partition coefficient (Wildman–Crippen LogP) is 4.30. The van der Waals surface area contributed by atoms with E-state index in [1.54, 1.807) is 0 Å². The molecule has 0 saturated heterocycles. The summed E-state index contributed by atoms with van der Waals surface area (Å²) in [6.07, 6.45) is 7.02. The van der Waals surface area contributed by atoms with Crippen molar-refractivity contribution in [1.29, 1.82) is 0 Å². The molecule has 112 valence electrons. The van der Waals surface area contributed by atoms with Crippen molar-refractivity contribution in [2.24, 2.45) is 0 Å². The Morgan fingerprint density at radius 1 is 1.10 bits per heavy atom. The van der Waals surface area contributed by atoms with Crippen LogP contribution in [-0.4, -0.2) is 19.3 Å². The van der Waals surface area contributed by atoms with Crippen molar-refractivity contribution in [1.82, 2.24) is 5.32 Å². The van der Waals surface area contributed by atoms with Crippen LogP contribution < -0.4 is 5.32 Å². The highest BCUT2D eigenvalue weighted by atomic mass is 16.5. The van der Waals surface area contributed by atoms with Crippen LogP contribution in [0.3, 0.4) is 0 Å². The van der Waals surface area contributed by atoms with Gasteiger partial charge in [0.15, 0.2) is 0 Å². The minimum Gasteiger partial charge on any atom is -0.376 e. The summed E-state index contributed by atoms with van der Waals surface area (Å²) in [6, 6.07) is 7.12. The molecule has 20 heavy (non-hydrogen) atoms. The van der Waals surface area contributed by atoms with Crippen LogP contribution in [0.2, 0.25) is 0 Å². The molecule has 2 rings (SSSR count). The zero-order valence-electron chi connectivity index (χ0n) is 13.2. The lowest BCUT2D eigenvalue weighted by atomic mass is 9.97. The normalized spacial score (nSPS) is 18.1. The van der Waals surface area contributed by atoms with Crippen LogP contribution in [0.15, 0.2) is 18.2 Å². The van der Waals surface area contributed by atoms with E-state index in [4.69, 9.17) is 4.74 Å². The van der Waals surface area contributed by atoms with Gasteiger partial charge in [0, 0.05) is 0 Å². The molecule has 1 aromatic rings. The molecule has 1 unspecified atom stereocenters. The van der Waals surface area contributed by atoms with Gasteiger partial charge in [-0.15, -0.1) is 0 Å². The van der Waals surface area contributed by atoms with Crippen LogP contribution in [0.1, 0.15) is 61.8 Å². The second kappa shape index (κ2) is 7.80. The molecule has 1 atom stereocenters. The van der Waals surface area contributed by atoms with Crippen LogP contribution in [0, 0.1) is 13.8 Å². The summed E-state index contributed by atoms with van der Waals surface area (Å²) in [4.78, 5) is 0. The molecule has 1 aromatic carbocycles. The Labute approximate surface area is 123 Å². The van der Waals surface area contributed by atoms with Crippen molar-refractivity contribution in [3.63, 3.8) is 0 Å². The van der Waals surface area contributed by atoms with Crippen LogP contribution in [0.25, 0.3) is 0 Å². The Hall–Kier alpha value is -0.860. The zero-order chi connectivity index (χ0) is 14.4. The highest BCUT2D eigenvalue weighted by Gasteiger charge is 2.17. The van der Waals surface area contributed by atoms with Crippen molar-refractivity contribution in [3.05, 3.63) is 34.9 Å². The SMILES string of the molecule is CCNC(COC1CCCCC1)c1cc(C)cc(C)c1. The maximum absolute atomic E-state index is 6.17. The Kier molecular flexibility index (Phi) is 6.06. The van der Waals surface area contributed by atoms with Gasteiger partial charge in [-0.25, -0.2) is 0 Å².